The lowest BCUT2D eigenvalue weighted by molar-refractivity contribution is -0.113. The monoisotopic (exact) mass is 128 g/mol. The number of allylic oxidation sites excluding steroid dienone is 4. The van der Waals surface area contributed by atoms with Gasteiger partial charge in [-0.25, -0.2) is 0 Å². The molecule has 0 saturated carbocycles. The first-order valence-electron chi connectivity index (χ1n) is 2.25. The van der Waals surface area contributed by atoms with E-state index in [1.54, 1.807) is 12.2 Å². The molecule has 0 aromatic heterocycles. The quantitative estimate of drug-likeness (QED) is 0.447. The van der Waals surface area contributed by atoms with E-state index in [4.69, 9.17) is 0 Å². The Bertz CT molecular complexity index is 135. The van der Waals surface area contributed by atoms with Gasteiger partial charge in [0, 0.05) is 6.42 Å². The maximum Gasteiger partial charge on any atom is 0.159 e. The summed E-state index contributed by atoms with van der Waals surface area (Å²) < 4.78 is 0. The van der Waals surface area contributed by atoms with E-state index in [1.165, 1.54) is 0 Å². The fraction of sp³-hybridized carbons (Fsp3) is 0.167. The zero-order valence-electron chi connectivity index (χ0n) is 4.63. The molecule has 8 heavy (non-hydrogen) atoms. The predicted molar refractivity (Wildman–Crippen MR) is 39.0 cm³/mol. The number of rotatable bonds is 0. The predicted octanol–water partition coefficient (Wildman–Crippen LogP) is 1.13. The van der Waals surface area contributed by atoms with Crippen LogP contribution in [0, 0.1) is 0 Å². The average Bonchev–Trinajstić information content (AvgIpc) is 1.69. The molecule has 0 amide bonds. The van der Waals surface area contributed by atoms with Crippen LogP contribution in [0.2, 0.25) is 0 Å². The van der Waals surface area contributed by atoms with Gasteiger partial charge in [0.2, 0.25) is 0 Å². The zero-order valence-corrected chi connectivity index (χ0v) is 6.05. The molecular weight excluding hydrogens is 119 g/mol. The molecule has 1 unspecified atom stereocenters. The Morgan fingerprint density at radius 1 is 1.38 bits per heavy atom. The summed E-state index contributed by atoms with van der Waals surface area (Å²) in [4.78, 5) is 10.3. The van der Waals surface area contributed by atoms with Crippen molar-refractivity contribution in [2.75, 3.05) is 0 Å². The highest BCUT2D eigenvalue weighted by molar-refractivity contribution is 6.92. The van der Waals surface area contributed by atoms with E-state index in [9.17, 15) is 4.79 Å². The molecule has 0 fully saturated rings. The van der Waals surface area contributed by atoms with Crippen LogP contribution in [0.15, 0.2) is 24.3 Å². The normalized spacial score (nSPS) is 15.8. The van der Waals surface area contributed by atoms with E-state index in [2.05, 4.69) is 0 Å². The molecule has 1 aliphatic carbocycles. The summed E-state index contributed by atoms with van der Waals surface area (Å²) in [5.74, 6) is 0.197. The van der Waals surface area contributed by atoms with Crippen molar-refractivity contribution in [1.29, 1.82) is 0 Å². The lowest BCUT2D eigenvalue weighted by Crippen LogP contribution is -1.90. The molecule has 2 heteroatoms. The van der Waals surface area contributed by atoms with Gasteiger partial charge in [-0.2, -0.15) is 9.90 Å². The minimum Gasteiger partial charge on any atom is -0.295 e. The van der Waals surface area contributed by atoms with Gasteiger partial charge < -0.3 is 0 Å². The topological polar surface area (TPSA) is 17.1 Å². The molecule has 1 atom stereocenters. The van der Waals surface area contributed by atoms with Gasteiger partial charge in [-0.3, -0.25) is 4.79 Å². The highest BCUT2D eigenvalue weighted by Crippen LogP contribution is 1.94. The summed E-state index contributed by atoms with van der Waals surface area (Å²) >= 11 is 0. The molecule has 1 nitrogen and oxygen atoms in total. The van der Waals surface area contributed by atoms with Crippen molar-refractivity contribution < 1.29 is 4.79 Å². The van der Waals surface area contributed by atoms with Gasteiger partial charge in [0.05, 0.1) is 0 Å². The van der Waals surface area contributed by atoms with Crippen LogP contribution < -0.4 is 0 Å². The van der Waals surface area contributed by atoms with Crippen LogP contribution in [0.3, 0.4) is 0 Å². The Morgan fingerprint density at radius 2 is 2.12 bits per heavy atom. The average molecular weight is 128 g/mol. The fourth-order valence-corrected chi connectivity index (χ4v) is 0.494. The molecule has 44 valence electrons. The van der Waals surface area contributed by atoms with Crippen LogP contribution in [0.4, 0.5) is 0 Å². The van der Waals surface area contributed by atoms with Crippen LogP contribution >= 0.6 is 9.90 Å². The highest BCUT2D eigenvalue weighted by atomic mass is 31.0. The third kappa shape index (κ3) is 2.04. The Labute approximate surface area is 52.1 Å². The molecule has 0 saturated heterocycles. The van der Waals surface area contributed by atoms with E-state index in [0.717, 1.165) is 0 Å². The van der Waals surface area contributed by atoms with Crippen LogP contribution in [0.25, 0.3) is 0 Å². The van der Waals surface area contributed by atoms with Crippen LogP contribution in [-0.2, 0) is 4.79 Å². The Hall–Kier alpha value is -0.420. The highest BCUT2D eigenvalue weighted by Gasteiger charge is 1.92. The lowest BCUT2D eigenvalue weighted by Gasteiger charge is -1.88. The summed E-state index contributed by atoms with van der Waals surface area (Å²) in [7, 11) is 0. The van der Waals surface area contributed by atoms with Gasteiger partial charge in [0.15, 0.2) is 5.78 Å². The number of ketones is 1. The molecular formula is C6H9OP. The molecule has 0 N–H and O–H groups in total. The third-order valence-corrected chi connectivity index (χ3v) is 0.848. The number of carbonyl (C=O) groups excluding carboxylic acids is 1. The summed E-state index contributed by atoms with van der Waals surface area (Å²) in [5.41, 5.74) is 0. The standard InChI is InChI=1S/C6H6O.H3P/c7-6-4-2-1-3-5-6;/h1-4H,5H2;1H3. The van der Waals surface area contributed by atoms with Crippen molar-refractivity contribution in [3.05, 3.63) is 24.3 Å². The maximum atomic E-state index is 10.3. The van der Waals surface area contributed by atoms with Gasteiger partial charge in [-0.1, -0.05) is 18.2 Å². The molecule has 0 bridgehead atoms. The maximum absolute atomic E-state index is 10.3. The van der Waals surface area contributed by atoms with Gasteiger partial charge in [0.25, 0.3) is 0 Å². The van der Waals surface area contributed by atoms with E-state index in [-0.39, 0.29) is 15.7 Å². The van der Waals surface area contributed by atoms with Gasteiger partial charge in [-0.05, 0) is 6.08 Å². The molecule has 0 radical (unpaired) electrons. The van der Waals surface area contributed by atoms with Crippen molar-refractivity contribution in [3.63, 3.8) is 0 Å². The van der Waals surface area contributed by atoms with E-state index in [0.29, 0.717) is 6.42 Å². The summed E-state index contributed by atoms with van der Waals surface area (Å²) in [6.45, 7) is 0. The van der Waals surface area contributed by atoms with Gasteiger partial charge in [-0.15, -0.1) is 0 Å². The van der Waals surface area contributed by atoms with E-state index >= 15 is 0 Å². The Balaban J connectivity index is 0.000000490. The summed E-state index contributed by atoms with van der Waals surface area (Å²) in [6.07, 6.45) is 7.64. The molecule has 1 aliphatic rings. The zero-order chi connectivity index (χ0) is 5.11. The summed E-state index contributed by atoms with van der Waals surface area (Å²) in [5, 5.41) is 0. The SMILES string of the molecule is O=C1C=CC=CC1.P. The second-order valence-electron chi connectivity index (χ2n) is 1.46. The largest absolute Gasteiger partial charge is 0.295 e. The molecule has 0 aliphatic heterocycles. The first-order chi connectivity index (χ1) is 3.39. The van der Waals surface area contributed by atoms with Crippen molar-refractivity contribution in [2.24, 2.45) is 0 Å². The van der Waals surface area contributed by atoms with Crippen molar-refractivity contribution in [3.8, 4) is 0 Å². The first-order valence-corrected chi connectivity index (χ1v) is 2.25. The first kappa shape index (κ1) is 7.58. The minimum absolute atomic E-state index is 0. The second-order valence-corrected chi connectivity index (χ2v) is 1.46. The van der Waals surface area contributed by atoms with E-state index in [1.807, 2.05) is 12.2 Å². The van der Waals surface area contributed by atoms with Gasteiger partial charge in [0.1, 0.15) is 0 Å². The molecule has 0 aromatic rings. The number of carbonyl (C=O) groups is 1. The van der Waals surface area contributed by atoms with Crippen molar-refractivity contribution in [1.82, 2.24) is 0 Å². The Morgan fingerprint density at radius 3 is 2.38 bits per heavy atom. The lowest BCUT2D eigenvalue weighted by atomic mass is 10.2. The minimum atomic E-state index is 0. The van der Waals surface area contributed by atoms with Crippen LogP contribution in [0.5, 0.6) is 0 Å². The van der Waals surface area contributed by atoms with Crippen molar-refractivity contribution in [2.45, 2.75) is 6.42 Å². The number of hydrogen-bond acceptors (Lipinski definition) is 1. The smallest absolute Gasteiger partial charge is 0.159 e. The molecule has 0 spiro atoms. The molecule has 0 aromatic carbocycles. The second kappa shape index (κ2) is 3.57. The molecule has 1 rings (SSSR count). The van der Waals surface area contributed by atoms with Crippen LogP contribution in [0.1, 0.15) is 6.42 Å². The Kier molecular flexibility index (Phi) is 3.38. The number of hydrogen-bond donors (Lipinski definition) is 0. The van der Waals surface area contributed by atoms with Crippen molar-refractivity contribution >= 4 is 15.7 Å². The third-order valence-electron chi connectivity index (χ3n) is 0.848. The van der Waals surface area contributed by atoms with Crippen LogP contribution in [-0.4, -0.2) is 5.78 Å². The molecule has 0 heterocycles. The van der Waals surface area contributed by atoms with E-state index < -0.39 is 0 Å². The van der Waals surface area contributed by atoms with Gasteiger partial charge >= 0.3 is 0 Å². The summed E-state index contributed by atoms with van der Waals surface area (Å²) in [6, 6.07) is 0. The fourth-order valence-electron chi connectivity index (χ4n) is 0.494.